The number of benzene rings is 1. The van der Waals surface area contributed by atoms with Crippen LogP contribution < -0.4 is 5.73 Å². The van der Waals surface area contributed by atoms with Gasteiger partial charge in [-0.3, -0.25) is 4.98 Å². The lowest BCUT2D eigenvalue weighted by Gasteiger charge is -2.08. The predicted molar refractivity (Wildman–Crippen MR) is 82.2 cm³/mol. The van der Waals surface area contributed by atoms with Gasteiger partial charge in [-0.15, -0.1) is 0 Å². The number of rotatable bonds is 3. The van der Waals surface area contributed by atoms with Gasteiger partial charge in [0.25, 0.3) is 0 Å². The lowest BCUT2D eigenvalue weighted by atomic mass is 10.1. The summed E-state index contributed by atoms with van der Waals surface area (Å²) in [7, 11) is 0. The van der Waals surface area contributed by atoms with E-state index in [0.29, 0.717) is 5.92 Å². The molecule has 0 aliphatic carbocycles. The molecule has 102 valence electrons. The van der Waals surface area contributed by atoms with Crippen LogP contribution >= 0.6 is 0 Å². The predicted octanol–water partition coefficient (Wildman–Crippen LogP) is 3.34. The summed E-state index contributed by atoms with van der Waals surface area (Å²) >= 11 is 0. The molecule has 0 aliphatic heterocycles. The molecule has 0 fully saturated rings. The maximum absolute atomic E-state index is 6.21. The summed E-state index contributed by atoms with van der Waals surface area (Å²) < 4.78 is 2.01. The molecule has 2 N–H and O–H groups in total. The summed E-state index contributed by atoms with van der Waals surface area (Å²) in [5, 5.41) is 1.10. The van der Waals surface area contributed by atoms with E-state index in [2.05, 4.69) is 29.9 Å². The van der Waals surface area contributed by atoms with Crippen LogP contribution in [0.25, 0.3) is 22.2 Å². The third kappa shape index (κ3) is 2.25. The molecule has 0 saturated carbocycles. The van der Waals surface area contributed by atoms with Crippen LogP contribution in [-0.2, 0) is 6.54 Å². The van der Waals surface area contributed by atoms with Crippen LogP contribution in [0.15, 0.2) is 42.9 Å². The van der Waals surface area contributed by atoms with E-state index >= 15 is 0 Å². The topological polar surface area (TPSA) is 56.7 Å². The number of anilines is 1. The minimum atomic E-state index is 0.542. The van der Waals surface area contributed by atoms with E-state index in [1.165, 1.54) is 0 Å². The molecular weight excluding hydrogens is 248 g/mol. The zero-order valence-corrected chi connectivity index (χ0v) is 11.7. The molecule has 0 spiro atoms. The van der Waals surface area contributed by atoms with Crippen molar-refractivity contribution in [3.63, 3.8) is 0 Å². The number of pyridine rings is 1. The van der Waals surface area contributed by atoms with Crippen molar-refractivity contribution in [3.8, 4) is 11.3 Å². The molecule has 2 aromatic heterocycles. The van der Waals surface area contributed by atoms with Crippen molar-refractivity contribution < 1.29 is 0 Å². The molecule has 0 radical (unpaired) electrons. The maximum atomic E-state index is 6.21. The van der Waals surface area contributed by atoms with Gasteiger partial charge in [-0.25, -0.2) is 4.98 Å². The quantitative estimate of drug-likeness (QED) is 0.791. The van der Waals surface area contributed by atoms with E-state index < -0.39 is 0 Å². The number of nitrogen functional groups attached to an aromatic ring is 1. The zero-order chi connectivity index (χ0) is 14.1. The van der Waals surface area contributed by atoms with Gasteiger partial charge < -0.3 is 10.3 Å². The van der Waals surface area contributed by atoms with Gasteiger partial charge in [-0.2, -0.15) is 0 Å². The second-order valence-electron chi connectivity index (χ2n) is 5.44. The Hall–Kier alpha value is -2.36. The van der Waals surface area contributed by atoms with Crippen LogP contribution in [-0.4, -0.2) is 14.5 Å². The molecule has 0 bridgehead atoms. The molecule has 0 unspecified atom stereocenters. The number of hydrogen-bond acceptors (Lipinski definition) is 3. The van der Waals surface area contributed by atoms with Crippen molar-refractivity contribution in [1.82, 2.24) is 14.5 Å². The molecule has 0 amide bonds. The number of imidazole rings is 1. The average Bonchev–Trinajstić information content (AvgIpc) is 2.79. The molecule has 2 heterocycles. The standard InChI is InChI=1S/C16H18N4/c1-11(2)9-20-10-19-15(16(20)17)13-5-6-14-12(8-13)4-3-7-18-14/h3-8,10-11H,9,17H2,1-2H3. The van der Waals surface area contributed by atoms with E-state index in [1.807, 2.05) is 35.2 Å². The van der Waals surface area contributed by atoms with Crippen molar-refractivity contribution >= 4 is 16.7 Å². The number of nitrogens with two attached hydrogens (primary N) is 1. The number of nitrogens with zero attached hydrogens (tertiary/aromatic N) is 3. The molecular formula is C16H18N4. The van der Waals surface area contributed by atoms with Crippen molar-refractivity contribution in [1.29, 1.82) is 0 Å². The Morgan fingerprint density at radius 2 is 2.05 bits per heavy atom. The van der Waals surface area contributed by atoms with Crippen molar-refractivity contribution in [2.45, 2.75) is 20.4 Å². The Morgan fingerprint density at radius 1 is 1.20 bits per heavy atom. The largest absolute Gasteiger partial charge is 0.383 e. The fourth-order valence-corrected chi connectivity index (χ4v) is 2.38. The van der Waals surface area contributed by atoms with Gasteiger partial charge in [0, 0.05) is 23.7 Å². The monoisotopic (exact) mass is 266 g/mol. The van der Waals surface area contributed by atoms with E-state index in [-0.39, 0.29) is 0 Å². The fraction of sp³-hybridized carbons (Fsp3) is 0.250. The summed E-state index contributed by atoms with van der Waals surface area (Å²) in [5.74, 6) is 1.27. The van der Waals surface area contributed by atoms with Gasteiger partial charge in [-0.1, -0.05) is 26.0 Å². The SMILES string of the molecule is CC(C)Cn1cnc(-c2ccc3ncccc3c2)c1N. The molecule has 3 rings (SSSR count). The number of hydrogen-bond donors (Lipinski definition) is 1. The highest BCUT2D eigenvalue weighted by Crippen LogP contribution is 2.27. The smallest absolute Gasteiger partial charge is 0.131 e. The van der Waals surface area contributed by atoms with E-state index in [9.17, 15) is 0 Å². The summed E-state index contributed by atoms with van der Waals surface area (Å²) in [5.41, 5.74) is 9.07. The minimum Gasteiger partial charge on any atom is -0.383 e. The Morgan fingerprint density at radius 3 is 2.85 bits per heavy atom. The Labute approximate surface area is 118 Å². The fourth-order valence-electron chi connectivity index (χ4n) is 2.38. The molecule has 20 heavy (non-hydrogen) atoms. The van der Waals surface area contributed by atoms with Gasteiger partial charge in [-0.05, 0) is 24.1 Å². The molecule has 0 aliphatic rings. The van der Waals surface area contributed by atoms with Gasteiger partial charge in [0.2, 0.25) is 0 Å². The molecule has 1 aromatic carbocycles. The number of aromatic nitrogens is 3. The minimum absolute atomic E-state index is 0.542. The average molecular weight is 266 g/mol. The van der Waals surface area contributed by atoms with Crippen molar-refractivity contribution in [2.75, 3.05) is 5.73 Å². The first-order valence-corrected chi connectivity index (χ1v) is 6.81. The second kappa shape index (κ2) is 4.96. The Balaban J connectivity index is 2.04. The first-order chi connectivity index (χ1) is 9.65. The highest BCUT2D eigenvalue weighted by molar-refractivity contribution is 5.85. The number of fused-ring (bicyclic) bond motifs is 1. The zero-order valence-electron chi connectivity index (χ0n) is 11.7. The molecule has 3 aromatic rings. The van der Waals surface area contributed by atoms with Crippen LogP contribution in [0.3, 0.4) is 0 Å². The van der Waals surface area contributed by atoms with Gasteiger partial charge in [0.15, 0.2) is 0 Å². The maximum Gasteiger partial charge on any atom is 0.131 e. The summed E-state index contributed by atoms with van der Waals surface area (Å²) in [4.78, 5) is 8.79. The van der Waals surface area contributed by atoms with Gasteiger partial charge in [0.05, 0.1) is 11.8 Å². The van der Waals surface area contributed by atoms with Crippen LogP contribution in [0.4, 0.5) is 5.82 Å². The normalized spacial score (nSPS) is 11.3. The Bertz CT molecular complexity index is 743. The molecule has 0 saturated heterocycles. The second-order valence-corrected chi connectivity index (χ2v) is 5.44. The molecule has 4 nitrogen and oxygen atoms in total. The highest BCUT2D eigenvalue weighted by atomic mass is 15.1. The van der Waals surface area contributed by atoms with Gasteiger partial charge >= 0.3 is 0 Å². The highest BCUT2D eigenvalue weighted by Gasteiger charge is 2.11. The lowest BCUT2D eigenvalue weighted by molar-refractivity contribution is 0.527. The summed E-state index contributed by atoms with van der Waals surface area (Å²) in [6.45, 7) is 5.22. The van der Waals surface area contributed by atoms with E-state index in [4.69, 9.17) is 5.73 Å². The third-order valence-electron chi connectivity index (χ3n) is 3.32. The van der Waals surface area contributed by atoms with Gasteiger partial charge in [0.1, 0.15) is 11.5 Å². The van der Waals surface area contributed by atoms with E-state index in [0.717, 1.165) is 34.5 Å². The lowest BCUT2D eigenvalue weighted by Crippen LogP contribution is -2.06. The third-order valence-corrected chi connectivity index (χ3v) is 3.32. The molecule has 4 heteroatoms. The molecule has 0 atom stereocenters. The first kappa shape index (κ1) is 12.7. The summed E-state index contributed by atoms with van der Waals surface area (Å²) in [6.07, 6.45) is 3.62. The van der Waals surface area contributed by atoms with Crippen LogP contribution in [0.2, 0.25) is 0 Å². The van der Waals surface area contributed by atoms with Crippen LogP contribution in [0, 0.1) is 5.92 Å². The van der Waals surface area contributed by atoms with Crippen LogP contribution in [0.1, 0.15) is 13.8 Å². The first-order valence-electron chi connectivity index (χ1n) is 6.81. The summed E-state index contributed by atoms with van der Waals surface area (Å²) in [6, 6.07) is 10.1. The van der Waals surface area contributed by atoms with Crippen molar-refractivity contribution in [3.05, 3.63) is 42.9 Å². The van der Waals surface area contributed by atoms with E-state index in [1.54, 1.807) is 6.20 Å². The Kier molecular flexibility index (Phi) is 3.14. The van der Waals surface area contributed by atoms with Crippen LogP contribution in [0.5, 0.6) is 0 Å². The van der Waals surface area contributed by atoms with Crippen molar-refractivity contribution in [2.24, 2.45) is 5.92 Å².